The van der Waals surface area contributed by atoms with Gasteiger partial charge < -0.3 is 9.64 Å². The molecular formula is C9H16N4O3S. The van der Waals surface area contributed by atoms with Gasteiger partial charge in [-0.1, -0.05) is 0 Å². The molecule has 2 rings (SSSR count). The molecule has 1 fully saturated rings. The summed E-state index contributed by atoms with van der Waals surface area (Å²) in [5.41, 5.74) is 0. The summed E-state index contributed by atoms with van der Waals surface area (Å²) < 4.78 is 31.7. The molecule has 1 aromatic heterocycles. The first-order valence-corrected chi connectivity index (χ1v) is 6.72. The molecule has 0 saturated carbocycles. The van der Waals surface area contributed by atoms with Gasteiger partial charge in [0.15, 0.2) is 0 Å². The van der Waals surface area contributed by atoms with Crippen molar-refractivity contribution in [1.29, 1.82) is 0 Å². The summed E-state index contributed by atoms with van der Waals surface area (Å²) in [4.78, 5) is 6.02. The molecule has 0 atom stereocenters. The van der Waals surface area contributed by atoms with E-state index in [1.54, 1.807) is 0 Å². The summed E-state index contributed by atoms with van der Waals surface area (Å²) in [5, 5.41) is 0. The van der Waals surface area contributed by atoms with Gasteiger partial charge in [0.05, 0.1) is 13.2 Å². The van der Waals surface area contributed by atoms with Gasteiger partial charge in [-0.15, -0.1) is 0 Å². The largest absolute Gasteiger partial charge is 0.378 e. The Morgan fingerprint density at radius 2 is 2.00 bits per heavy atom. The van der Waals surface area contributed by atoms with Crippen LogP contribution in [-0.2, 0) is 14.9 Å². The van der Waals surface area contributed by atoms with E-state index in [1.165, 1.54) is 34.8 Å². The molecule has 96 valence electrons. The van der Waals surface area contributed by atoms with Crippen molar-refractivity contribution in [3.8, 4) is 0 Å². The van der Waals surface area contributed by atoms with E-state index in [4.69, 9.17) is 4.74 Å². The normalized spacial score (nSPS) is 17.7. The highest BCUT2D eigenvalue weighted by Crippen LogP contribution is 2.16. The predicted octanol–water partition coefficient (Wildman–Crippen LogP) is -0.626. The maximum atomic E-state index is 12.0. The van der Waals surface area contributed by atoms with Crippen molar-refractivity contribution in [2.24, 2.45) is 0 Å². The highest BCUT2D eigenvalue weighted by molar-refractivity contribution is 7.87. The Kier molecular flexibility index (Phi) is 3.36. The number of ether oxygens (including phenoxy) is 1. The number of nitrogens with zero attached hydrogens (tertiary/aromatic N) is 4. The van der Waals surface area contributed by atoms with Gasteiger partial charge in [-0.3, -0.25) is 0 Å². The third kappa shape index (κ3) is 2.28. The van der Waals surface area contributed by atoms with Gasteiger partial charge in [0.2, 0.25) is 5.95 Å². The number of imidazole rings is 1. The van der Waals surface area contributed by atoms with Crippen LogP contribution in [-0.4, -0.2) is 62.1 Å². The third-order valence-electron chi connectivity index (χ3n) is 2.59. The Bertz CT molecular complexity index is 476. The van der Waals surface area contributed by atoms with E-state index in [1.807, 2.05) is 4.90 Å². The quantitative estimate of drug-likeness (QED) is 0.724. The second-order valence-corrected chi connectivity index (χ2v) is 5.93. The van der Waals surface area contributed by atoms with Crippen molar-refractivity contribution >= 4 is 16.2 Å². The summed E-state index contributed by atoms with van der Waals surface area (Å²) in [6, 6.07) is 0. The first-order valence-electron chi connectivity index (χ1n) is 5.32. The second kappa shape index (κ2) is 4.63. The van der Waals surface area contributed by atoms with E-state index in [9.17, 15) is 8.42 Å². The first kappa shape index (κ1) is 12.3. The van der Waals surface area contributed by atoms with Gasteiger partial charge in [0.1, 0.15) is 0 Å². The minimum absolute atomic E-state index is 0.446. The fraction of sp³-hybridized carbons (Fsp3) is 0.667. The molecule has 0 unspecified atom stereocenters. The maximum Gasteiger partial charge on any atom is 0.309 e. The van der Waals surface area contributed by atoms with Crippen LogP contribution in [0.4, 0.5) is 5.95 Å². The van der Waals surface area contributed by atoms with E-state index >= 15 is 0 Å². The maximum absolute atomic E-state index is 12.0. The third-order valence-corrected chi connectivity index (χ3v) is 4.30. The molecule has 1 aliphatic heterocycles. The molecule has 0 radical (unpaired) electrons. The van der Waals surface area contributed by atoms with Crippen LogP contribution in [0.5, 0.6) is 0 Å². The number of anilines is 1. The van der Waals surface area contributed by atoms with Gasteiger partial charge >= 0.3 is 10.2 Å². The van der Waals surface area contributed by atoms with E-state index in [0.29, 0.717) is 32.3 Å². The van der Waals surface area contributed by atoms with Crippen LogP contribution in [0.25, 0.3) is 0 Å². The Labute approximate surface area is 101 Å². The lowest BCUT2D eigenvalue weighted by Gasteiger charge is -2.28. The SMILES string of the molecule is CN(C)S(=O)(=O)n1ccnc1N1CCOCC1. The van der Waals surface area contributed by atoms with Gasteiger partial charge in [-0.2, -0.15) is 16.7 Å². The minimum atomic E-state index is -3.51. The van der Waals surface area contributed by atoms with Crippen LogP contribution in [0.2, 0.25) is 0 Å². The van der Waals surface area contributed by atoms with Crippen molar-refractivity contribution in [2.75, 3.05) is 45.3 Å². The molecule has 7 nitrogen and oxygen atoms in total. The number of hydrogen-bond acceptors (Lipinski definition) is 5. The topological polar surface area (TPSA) is 67.7 Å². The van der Waals surface area contributed by atoms with Gasteiger partial charge in [-0.05, 0) is 0 Å². The van der Waals surface area contributed by atoms with Crippen LogP contribution < -0.4 is 4.90 Å². The molecule has 0 aliphatic carbocycles. The summed E-state index contributed by atoms with van der Waals surface area (Å²) in [7, 11) is -0.512. The molecule has 0 amide bonds. The number of morpholine rings is 1. The molecule has 0 N–H and O–H groups in total. The summed E-state index contributed by atoms with van der Waals surface area (Å²) in [6.07, 6.45) is 2.95. The monoisotopic (exact) mass is 260 g/mol. The fourth-order valence-electron chi connectivity index (χ4n) is 1.62. The number of rotatable bonds is 3. The molecule has 2 heterocycles. The predicted molar refractivity (Wildman–Crippen MR) is 63.3 cm³/mol. The smallest absolute Gasteiger partial charge is 0.309 e. The standard InChI is InChI=1S/C9H16N4O3S/c1-11(2)17(14,15)13-4-3-10-9(13)12-5-7-16-8-6-12/h3-4H,5-8H2,1-2H3. The molecule has 17 heavy (non-hydrogen) atoms. The Balaban J connectivity index is 2.34. The Morgan fingerprint density at radius 3 is 2.59 bits per heavy atom. The lowest BCUT2D eigenvalue weighted by atomic mass is 10.4. The minimum Gasteiger partial charge on any atom is -0.378 e. The second-order valence-electron chi connectivity index (χ2n) is 3.91. The van der Waals surface area contributed by atoms with Crippen molar-refractivity contribution in [3.05, 3.63) is 12.4 Å². The van der Waals surface area contributed by atoms with E-state index in [-0.39, 0.29) is 0 Å². The van der Waals surface area contributed by atoms with Gasteiger partial charge in [0.25, 0.3) is 0 Å². The zero-order valence-corrected chi connectivity index (χ0v) is 10.7. The van der Waals surface area contributed by atoms with E-state index < -0.39 is 10.2 Å². The summed E-state index contributed by atoms with van der Waals surface area (Å²) in [5.74, 6) is 0.446. The average molecular weight is 260 g/mol. The Hall–Kier alpha value is -1.12. The van der Waals surface area contributed by atoms with Crippen molar-refractivity contribution in [2.45, 2.75) is 0 Å². The van der Waals surface area contributed by atoms with E-state index in [0.717, 1.165) is 0 Å². The zero-order chi connectivity index (χ0) is 12.5. The van der Waals surface area contributed by atoms with Gasteiger partial charge in [0, 0.05) is 39.6 Å². The molecule has 0 spiro atoms. The molecule has 8 heteroatoms. The van der Waals surface area contributed by atoms with Crippen molar-refractivity contribution in [1.82, 2.24) is 13.3 Å². The van der Waals surface area contributed by atoms with Crippen LogP contribution in [0.3, 0.4) is 0 Å². The molecule has 0 aromatic carbocycles. The number of hydrogen-bond donors (Lipinski definition) is 0. The van der Waals surface area contributed by atoms with Crippen LogP contribution in [0.1, 0.15) is 0 Å². The van der Waals surface area contributed by atoms with E-state index in [2.05, 4.69) is 4.98 Å². The van der Waals surface area contributed by atoms with Crippen LogP contribution >= 0.6 is 0 Å². The van der Waals surface area contributed by atoms with Crippen LogP contribution in [0, 0.1) is 0 Å². The van der Waals surface area contributed by atoms with Gasteiger partial charge in [-0.25, -0.2) is 4.98 Å². The lowest BCUT2D eigenvalue weighted by Crippen LogP contribution is -2.40. The summed E-state index contributed by atoms with van der Waals surface area (Å²) >= 11 is 0. The van der Waals surface area contributed by atoms with Crippen molar-refractivity contribution in [3.63, 3.8) is 0 Å². The highest BCUT2D eigenvalue weighted by atomic mass is 32.2. The molecule has 1 aromatic rings. The lowest BCUT2D eigenvalue weighted by molar-refractivity contribution is 0.122. The number of aromatic nitrogens is 2. The average Bonchev–Trinajstić information content (AvgIpc) is 2.79. The molecule has 1 aliphatic rings. The first-order chi connectivity index (χ1) is 8.03. The Morgan fingerprint density at radius 1 is 1.35 bits per heavy atom. The highest BCUT2D eigenvalue weighted by Gasteiger charge is 2.24. The summed E-state index contributed by atoms with van der Waals surface area (Å²) in [6.45, 7) is 2.49. The fourth-order valence-corrected chi connectivity index (χ4v) is 2.55. The van der Waals surface area contributed by atoms with Crippen LogP contribution in [0.15, 0.2) is 12.4 Å². The molecular weight excluding hydrogens is 244 g/mol. The molecule has 1 saturated heterocycles. The molecule has 0 bridgehead atoms. The van der Waals surface area contributed by atoms with Crippen molar-refractivity contribution < 1.29 is 13.2 Å². The zero-order valence-electron chi connectivity index (χ0n) is 9.90.